The van der Waals surface area contributed by atoms with Crippen LogP contribution in [0.3, 0.4) is 0 Å². The second-order valence-electron chi connectivity index (χ2n) is 3.70. The number of carbonyl (C=O) groups is 1. The number of thioether (sulfide) groups is 1. The van der Waals surface area contributed by atoms with Gasteiger partial charge in [0.1, 0.15) is 5.03 Å². The normalized spacial score (nSPS) is 10.6. The van der Waals surface area contributed by atoms with Crippen LogP contribution in [0.4, 0.5) is 0 Å². The van der Waals surface area contributed by atoms with Crippen molar-refractivity contribution in [2.24, 2.45) is 0 Å². The van der Waals surface area contributed by atoms with E-state index in [1.54, 1.807) is 13.0 Å². The fraction of sp³-hybridized carbons (Fsp3) is 0.273. The molecular formula is C11H11N3O3S. The molecule has 2 aromatic rings. The molecule has 0 aromatic carbocycles. The van der Waals surface area contributed by atoms with Gasteiger partial charge in [-0.1, -0.05) is 16.9 Å². The zero-order chi connectivity index (χ0) is 13.1. The predicted octanol–water partition coefficient (Wildman–Crippen LogP) is 2.07. The highest BCUT2D eigenvalue weighted by Crippen LogP contribution is 2.26. The van der Waals surface area contributed by atoms with Crippen molar-refractivity contribution in [3.8, 4) is 0 Å². The van der Waals surface area contributed by atoms with Gasteiger partial charge >= 0.3 is 5.97 Å². The number of aryl methyl sites for hydroxylation is 2. The van der Waals surface area contributed by atoms with Crippen molar-refractivity contribution in [1.82, 2.24) is 15.1 Å². The summed E-state index contributed by atoms with van der Waals surface area (Å²) in [5.74, 6) is -0.0416. The predicted molar refractivity (Wildman–Crippen MR) is 64.5 cm³/mol. The van der Waals surface area contributed by atoms with Gasteiger partial charge in [0.05, 0.1) is 11.3 Å². The Morgan fingerprint density at radius 1 is 1.50 bits per heavy atom. The Bertz CT molecular complexity index is 569. The molecule has 0 saturated heterocycles. The quantitative estimate of drug-likeness (QED) is 0.846. The molecule has 6 nitrogen and oxygen atoms in total. The number of carboxylic acids is 1. The molecule has 0 fully saturated rings. The van der Waals surface area contributed by atoms with Gasteiger partial charge in [0, 0.05) is 5.69 Å². The standard InChI is InChI=1S/C11H11N3O3S/c1-6-3-7(2)13-10(9(6)11(15)16)18-4-8-12-5-17-14-8/h3,5H,4H2,1-2H3,(H,15,16). The zero-order valence-electron chi connectivity index (χ0n) is 9.88. The molecule has 0 bridgehead atoms. The number of aromatic carboxylic acids is 1. The van der Waals surface area contributed by atoms with Crippen LogP contribution in [0.15, 0.2) is 22.0 Å². The molecular weight excluding hydrogens is 254 g/mol. The fourth-order valence-electron chi connectivity index (χ4n) is 1.56. The van der Waals surface area contributed by atoms with Gasteiger partial charge in [0.25, 0.3) is 0 Å². The zero-order valence-corrected chi connectivity index (χ0v) is 10.7. The lowest BCUT2D eigenvalue weighted by atomic mass is 10.1. The lowest BCUT2D eigenvalue weighted by molar-refractivity contribution is 0.0691. The van der Waals surface area contributed by atoms with Crippen molar-refractivity contribution in [2.75, 3.05) is 0 Å². The number of pyridine rings is 1. The summed E-state index contributed by atoms with van der Waals surface area (Å²) in [5.41, 5.74) is 1.72. The molecule has 7 heteroatoms. The van der Waals surface area contributed by atoms with E-state index in [0.29, 0.717) is 22.2 Å². The summed E-state index contributed by atoms with van der Waals surface area (Å²) in [4.78, 5) is 19.3. The van der Waals surface area contributed by atoms with Crippen LogP contribution in [-0.2, 0) is 5.75 Å². The van der Waals surface area contributed by atoms with E-state index in [1.807, 2.05) is 6.92 Å². The van der Waals surface area contributed by atoms with Crippen LogP contribution in [0.2, 0.25) is 0 Å². The number of hydrogen-bond donors (Lipinski definition) is 1. The summed E-state index contributed by atoms with van der Waals surface area (Å²) in [6.07, 6.45) is 1.24. The summed E-state index contributed by atoms with van der Waals surface area (Å²) < 4.78 is 4.62. The first-order chi connectivity index (χ1) is 8.58. The third-order valence-corrected chi connectivity index (χ3v) is 3.24. The Kier molecular flexibility index (Phi) is 3.61. The lowest BCUT2D eigenvalue weighted by Gasteiger charge is -2.08. The smallest absolute Gasteiger partial charge is 0.338 e. The van der Waals surface area contributed by atoms with E-state index in [0.717, 1.165) is 5.69 Å². The third kappa shape index (κ3) is 2.67. The summed E-state index contributed by atoms with van der Waals surface area (Å²) in [5, 5.41) is 13.3. The fourth-order valence-corrected chi connectivity index (χ4v) is 2.55. The Morgan fingerprint density at radius 2 is 2.28 bits per heavy atom. The van der Waals surface area contributed by atoms with E-state index in [-0.39, 0.29) is 5.56 Å². The molecule has 2 rings (SSSR count). The Hall–Kier alpha value is -1.89. The van der Waals surface area contributed by atoms with Crippen LogP contribution >= 0.6 is 11.8 Å². The molecule has 0 saturated carbocycles. The first kappa shape index (κ1) is 12.6. The van der Waals surface area contributed by atoms with E-state index < -0.39 is 5.97 Å². The third-order valence-electron chi connectivity index (χ3n) is 2.27. The van der Waals surface area contributed by atoms with Crippen LogP contribution in [0.1, 0.15) is 27.4 Å². The van der Waals surface area contributed by atoms with Gasteiger partial charge in [-0.2, -0.15) is 4.98 Å². The highest BCUT2D eigenvalue weighted by atomic mass is 32.2. The van der Waals surface area contributed by atoms with Gasteiger partial charge in [0.2, 0.25) is 6.39 Å². The number of aromatic nitrogens is 3. The van der Waals surface area contributed by atoms with Crippen LogP contribution in [0.25, 0.3) is 0 Å². The SMILES string of the molecule is Cc1cc(C)c(C(=O)O)c(SCc2ncon2)n1. The van der Waals surface area contributed by atoms with E-state index in [2.05, 4.69) is 19.6 Å². The van der Waals surface area contributed by atoms with Gasteiger partial charge in [-0.25, -0.2) is 9.78 Å². The molecule has 0 aliphatic heterocycles. The van der Waals surface area contributed by atoms with Gasteiger partial charge in [0.15, 0.2) is 5.82 Å². The van der Waals surface area contributed by atoms with E-state index in [4.69, 9.17) is 0 Å². The molecule has 0 radical (unpaired) electrons. The molecule has 94 valence electrons. The van der Waals surface area contributed by atoms with E-state index in [9.17, 15) is 9.90 Å². The van der Waals surface area contributed by atoms with Crippen molar-refractivity contribution in [3.05, 3.63) is 35.1 Å². The van der Waals surface area contributed by atoms with Crippen molar-refractivity contribution in [2.45, 2.75) is 24.6 Å². The number of carboxylic acid groups (broad SMARTS) is 1. The van der Waals surface area contributed by atoms with Crippen LogP contribution in [0.5, 0.6) is 0 Å². The number of rotatable bonds is 4. The van der Waals surface area contributed by atoms with Gasteiger partial charge in [-0.15, -0.1) is 0 Å². The average Bonchev–Trinajstić information content (AvgIpc) is 2.77. The molecule has 18 heavy (non-hydrogen) atoms. The molecule has 0 amide bonds. The van der Waals surface area contributed by atoms with Crippen molar-refractivity contribution < 1.29 is 14.4 Å². The minimum atomic E-state index is -0.976. The molecule has 0 aliphatic rings. The Balaban J connectivity index is 2.28. The van der Waals surface area contributed by atoms with Gasteiger partial charge in [-0.05, 0) is 25.5 Å². The Morgan fingerprint density at radius 3 is 2.89 bits per heavy atom. The maximum absolute atomic E-state index is 11.2. The average molecular weight is 265 g/mol. The Labute approximate surface area is 107 Å². The molecule has 2 heterocycles. The summed E-state index contributed by atoms with van der Waals surface area (Å²) in [7, 11) is 0. The number of hydrogen-bond acceptors (Lipinski definition) is 6. The van der Waals surface area contributed by atoms with E-state index in [1.165, 1.54) is 18.2 Å². The lowest BCUT2D eigenvalue weighted by Crippen LogP contribution is -2.05. The summed E-state index contributed by atoms with van der Waals surface area (Å²) in [6.45, 7) is 3.59. The van der Waals surface area contributed by atoms with Gasteiger partial charge in [-0.3, -0.25) is 0 Å². The van der Waals surface area contributed by atoms with Crippen LogP contribution < -0.4 is 0 Å². The molecule has 0 unspecified atom stereocenters. The summed E-state index contributed by atoms with van der Waals surface area (Å²) in [6, 6.07) is 1.75. The molecule has 0 atom stereocenters. The van der Waals surface area contributed by atoms with Gasteiger partial charge < -0.3 is 9.63 Å². The topological polar surface area (TPSA) is 89.1 Å². The first-order valence-corrected chi connectivity index (χ1v) is 6.16. The molecule has 2 aromatic heterocycles. The largest absolute Gasteiger partial charge is 0.478 e. The first-order valence-electron chi connectivity index (χ1n) is 5.17. The minimum Gasteiger partial charge on any atom is -0.478 e. The maximum Gasteiger partial charge on any atom is 0.338 e. The minimum absolute atomic E-state index is 0.231. The monoisotopic (exact) mass is 265 g/mol. The van der Waals surface area contributed by atoms with Crippen molar-refractivity contribution in [3.63, 3.8) is 0 Å². The maximum atomic E-state index is 11.2. The van der Waals surface area contributed by atoms with Crippen LogP contribution in [0, 0.1) is 13.8 Å². The molecule has 1 N–H and O–H groups in total. The van der Waals surface area contributed by atoms with Crippen molar-refractivity contribution >= 4 is 17.7 Å². The second-order valence-corrected chi connectivity index (χ2v) is 4.67. The van der Waals surface area contributed by atoms with Crippen LogP contribution in [-0.4, -0.2) is 26.2 Å². The molecule has 0 aliphatic carbocycles. The molecule has 0 spiro atoms. The van der Waals surface area contributed by atoms with Crippen molar-refractivity contribution in [1.29, 1.82) is 0 Å². The highest BCUT2D eigenvalue weighted by molar-refractivity contribution is 7.98. The second kappa shape index (κ2) is 5.18. The highest BCUT2D eigenvalue weighted by Gasteiger charge is 2.16. The number of nitrogens with zero attached hydrogens (tertiary/aromatic N) is 3. The van der Waals surface area contributed by atoms with E-state index >= 15 is 0 Å². The summed E-state index contributed by atoms with van der Waals surface area (Å²) >= 11 is 1.28.